The van der Waals surface area contributed by atoms with Gasteiger partial charge in [-0.05, 0) is 13.3 Å². The minimum Gasteiger partial charge on any atom is -0.307 e. The minimum absolute atomic E-state index is 0.00799. The van der Waals surface area contributed by atoms with Crippen LogP contribution in [0.4, 0.5) is 22.0 Å². The van der Waals surface area contributed by atoms with E-state index >= 15 is 0 Å². The highest BCUT2D eigenvalue weighted by Gasteiger charge is 2.59. The first-order valence-corrected chi connectivity index (χ1v) is 6.15. The zero-order valence-corrected chi connectivity index (χ0v) is 11.2. The molecule has 0 bridgehead atoms. The molecular weight excluding hydrogens is 297 g/mol. The third-order valence-electron chi connectivity index (χ3n) is 3.04. The van der Waals surface area contributed by atoms with E-state index in [1.807, 2.05) is 0 Å². The van der Waals surface area contributed by atoms with Gasteiger partial charge in [-0.15, -0.1) is 0 Å². The van der Waals surface area contributed by atoms with Crippen LogP contribution in [0.5, 0.6) is 0 Å². The van der Waals surface area contributed by atoms with Crippen molar-refractivity contribution < 1.29 is 22.0 Å². The zero-order valence-electron chi connectivity index (χ0n) is 11.2. The van der Waals surface area contributed by atoms with Crippen LogP contribution in [-0.4, -0.2) is 20.9 Å². The van der Waals surface area contributed by atoms with Gasteiger partial charge in [0.2, 0.25) is 5.56 Å². The van der Waals surface area contributed by atoms with E-state index in [9.17, 15) is 26.7 Å². The average molecular weight is 309 g/mol. The first-order chi connectivity index (χ1) is 9.59. The number of nitrogens with one attached hydrogen (secondary N) is 1. The average Bonchev–Trinajstić information content (AvgIpc) is 2.64. The second-order valence-corrected chi connectivity index (χ2v) is 4.65. The van der Waals surface area contributed by atoms with Crippen LogP contribution in [-0.2, 0) is 12.5 Å². The molecule has 0 aromatic carbocycles. The van der Waals surface area contributed by atoms with Crippen molar-refractivity contribution >= 4 is 11.0 Å². The Morgan fingerprint density at radius 3 is 2.43 bits per heavy atom. The molecule has 2 aromatic heterocycles. The maximum atomic E-state index is 13.6. The lowest BCUT2D eigenvalue weighted by Gasteiger charge is -2.20. The van der Waals surface area contributed by atoms with Gasteiger partial charge in [0, 0.05) is 23.6 Å². The molecule has 21 heavy (non-hydrogen) atoms. The maximum Gasteiger partial charge on any atom is 0.458 e. The van der Waals surface area contributed by atoms with Gasteiger partial charge in [0.1, 0.15) is 5.65 Å². The number of aryl methyl sites for hydroxylation is 2. The lowest BCUT2D eigenvalue weighted by Crippen LogP contribution is -2.35. The second-order valence-electron chi connectivity index (χ2n) is 4.65. The molecule has 0 saturated heterocycles. The lowest BCUT2D eigenvalue weighted by molar-refractivity contribution is -0.288. The monoisotopic (exact) mass is 309 g/mol. The molecule has 0 aliphatic rings. The van der Waals surface area contributed by atoms with Crippen molar-refractivity contribution in [1.82, 2.24) is 14.8 Å². The maximum absolute atomic E-state index is 13.6. The smallest absolute Gasteiger partial charge is 0.307 e. The number of aromatic amines is 1. The van der Waals surface area contributed by atoms with Gasteiger partial charge in [-0.25, -0.2) is 4.68 Å². The van der Waals surface area contributed by atoms with Crippen LogP contribution in [0.3, 0.4) is 0 Å². The fourth-order valence-corrected chi connectivity index (χ4v) is 2.16. The van der Waals surface area contributed by atoms with Crippen LogP contribution in [0.25, 0.3) is 11.0 Å². The summed E-state index contributed by atoms with van der Waals surface area (Å²) in [5.41, 5.74) is -2.51. The van der Waals surface area contributed by atoms with Crippen molar-refractivity contribution in [2.24, 2.45) is 0 Å². The number of rotatable bonds is 3. The van der Waals surface area contributed by atoms with Crippen molar-refractivity contribution in [3.63, 3.8) is 0 Å². The number of hydrogen-bond acceptors (Lipinski definition) is 2. The largest absolute Gasteiger partial charge is 0.458 e. The molecule has 0 spiro atoms. The molecule has 9 heteroatoms. The van der Waals surface area contributed by atoms with Crippen LogP contribution in [0.15, 0.2) is 10.9 Å². The Labute approximate surface area is 115 Å². The number of fused-ring (bicyclic) bond motifs is 1. The van der Waals surface area contributed by atoms with E-state index in [0.717, 1.165) is 0 Å². The minimum atomic E-state index is -5.78. The summed E-state index contributed by atoms with van der Waals surface area (Å²) in [5, 5.41) is 3.55. The van der Waals surface area contributed by atoms with Crippen LogP contribution < -0.4 is 5.56 Å². The molecule has 0 amide bonds. The Morgan fingerprint density at radius 1 is 1.29 bits per heavy atom. The zero-order chi connectivity index (χ0) is 16.0. The van der Waals surface area contributed by atoms with E-state index in [1.165, 1.54) is 11.6 Å². The van der Waals surface area contributed by atoms with E-state index in [2.05, 4.69) is 10.1 Å². The summed E-state index contributed by atoms with van der Waals surface area (Å²) in [6, 6.07) is 0.279. The predicted octanol–water partition coefficient (Wildman–Crippen LogP) is 3.10. The van der Waals surface area contributed by atoms with E-state index in [0.29, 0.717) is 13.0 Å². The van der Waals surface area contributed by atoms with Crippen molar-refractivity contribution in [1.29, 1.82) is 0 Å². The summed E-state index contributed by atoms with van der Waals surface area (Å²) in [4.78, 5) is 13.7. The summed E-state index contributed by atoms with van der Waals surface area (Å²) in [7, 11) is 0. The summed E-state index contributed by atoms with van der Waals surface area (Å²) >= 11 is 0. The van der Waals surface area contributed by atoms with Crippen molar-refractivity contribution in [2.45, 2.75) is 38.9 Å². The molecule has 2 rings (SSSR count). The van der Waals surface area contributed by atoms with Crippen LogP contribution in [0, 0.1) is 6.92 Å². The number of aromatic nitrogens is 3. The Hall–Kier alpha value is -1.93. The summed E-state index contributed by atoms with van der Waals surface area (Å²) in [6.45, 7) is 3.40. The molecule has 0 fully saturated rings. The number of nitrogens with zero attached hydrogens (tertiary/aromatic N) is 2. The number of alkyl halides is 5. The molecule has 1 N–H and O–H groups in total. The normalized spacial score (nSPS) is 13.1. The third kappa shape index (κ3) is 2.40. The first-order valence-electron chi connectivity index (χ1n) is 6.15. The number of halogens is 5. The van der Waals surface area contributed by atoms with Gasteiger partial charge in [-0.2, -0.15) is 27.1 Å². The highest BCUT2D eigenvalue weighted by atomic mass is 19.4. The molecule has 0 aliphatic carbocycles. The standard InChI is InChI=1S/C12H12F5N3O/c1-3-4-20-10-9(6(2)19-20)7(5-8(21)18-10)11(13,14)12(15,16)17/h5H,3-4H2,1-2H3,(H,18,21). The van der Waals surface area contributed by atoms with Gasteiger partial charge in [-0.3, -0.25) is 4.79 Å². The SMILES string of the molecule is CCCn1nc(C)c2c(C(F)(F)C(F)(F)F)cc(=O)[nH]c21. The van der Waals surface area contributed by atoms with Gasteiger partial charge in [0.05, 0.1) is 5.69 Å². The molecule has 116 valence electrons. The fourth-order valence-electron chi connectivity index (χ4n) is 2.16. The molecule has 0 unspecified atom stereocenters. The highest BCUT2D eigenvalue weighted by Crippen LogP contribution is 2.45. The van der Waals surface area contributed by atoms with Gasteiger partial charge >= 0.3 is 12.1 Å². The Balaban J connectivity index is 2.85. The molecule has 0 saturated carbocycles. The topological polar surface area (TPSA) is 50.7 Å². The number of pyridine rings is 1. The summed E-state index contributed by atoms with van der Waals surface area (Å²) in [5.74, 6) is -5.12. The van der Waals surface area contributed by atoms with Crippen LogP contribution >= 0.6 is 0 Å². The molecule has 2 heterocycles. The third-order valence-corrected chi connectivity index (χ3v) is 3.04. The van der Waals surface area contributed by atoms with Gasteiger partial charge in [-0.1, -0.05) is 6.92 Å². The first kappa shape index (κ1) is 15.5. The Morgan fingerprint density at radius 2 is 1.90 bits per heavy atom. The quantitative estimate of drug-likeness (QED) is 0.886. The fraction of sp³-hybridized carbons (Fsp3) is 0.500. The molecule has 4 nitrogen and oxygen atoms in total. The molecule has 0 atom stereocenters. The molecule has 0 aliphatic heterocycles. The molecule has 0 radical (unpaired) electrons. The van der Waals surface area contributed by atoms with Gasteiger partial charge in [0.25, 0.3) is 0 Å². The Kier molecular flexibility index (Phi) is 3.54. The van der Waals surface area contributed by atoms with Gasteiger partial charge in [0.15, 0.2) is 0 Å². The van der Waals surface area contributed by atoms with Crippen LogP contribution in [0.2, 0.25) is 0 Å². The van der Waals surface area contributed by atoms with E-state index in [-0.39, 0.29) is 22.8 Å². The van der Waals surface area contributed by atoms with E-state index in [1.54, 1.807) is 6.92 Å². The molecular formula is C12H12F5N3O. The van der Waals surface area contributed by atoms with E-state index in [4.69, 9.17) is 0 Å². The summed E-state index contributed by atoms with van der Waals surface area (Å²) in [6.07, 6.45) is -5.20. The highest BCUT2D eigenvalue weighted by molar-refractivity contribution is 5.82. The van der Waals surface area contributed by atoms with E-state index < -0.39 is 23.2 Å². The predicted molar refractivity (Wildman–Crippen MR) is 65.3 cm³/mol. The van der Waals surface area contributed by atoms with Crippen molar-refractivity contribution in [3.8, 4) is 0 Å². The van der Waals surface area contributed by atoms with Crippen molar-refractivity contribution in [2.75, 3.05) is 0 Å². The van der Waals surface area contributed by atoms with Gasteiger partial charge < -0.3 is 4.98 Å². The number of hydrogen-bond donors (Lipinski definition) is 1. The van der Waals surface area contributed by atoms with Crippen molar-refractivity contribution in [3.05, 3.63) is 27.7 Å². The second kappa shape index (κ2) is 4.81. The Bertz CT molecular complexity index is 729. The summed E-state index contributed by atoms with van der Waals surface area (Å²) < 4.78 is 66.2. The number of H-pyrrole nitrogens is 1. The molecule has 2 aromatic rings. The van der Waals surface area contributed by atoms with Crippen LogP contribution in [0.1, 0.15) is 24.6 Å². The lowest BCUT2D eigenvalue weighted by atomic mass is 10.0.